The lowest BCUT2D eigenvalue weighted by Gasteiger charge is -2.28. The van der Waals surface area contributed by atoms with Crippen molar-refractivity contribution in [1.29, 1.82) is 0 Å². The molecule has 0 aliphatic carbocycles. The fraction of sp³-hybridized carbons (Fsp3) is 0.500. The molecule has 0 spiro atoms. The average molecular weight is 380 g/mol. The number of nitrogens with zero attached hydrogens (tertiary/aromatic N) is 5. The van der Waals surface area contributed by atoms with Crippen molar-refractivity contribution in [2.45, 2.75) is 31.3 Å². The van der Waals surface area contributed by atoms with Crippen molar-refractivity contribution < 1.29 is 4.79 Å². The molecule has 2 saturated heterocycles. The molecule has 2 aliphatic heterocycles. The molecule has 2 atom stereocenters. The lowest BCUT2D eigenvalue weighted by molar-refractivity contribution is -0.131. The molecule has 1 amide bonds. The van der Waals surface area contributed by atoms with E-state index in [9.17, 15) is 4.79 Å². The second kappa shape index (κ2) is 8.27. The van der Waals surface area contributed by atoms with Crippen molar-refractivity contribution in [2.75, 3.05) is 45.2 Å². The Balaban J connectivity index is 1.37. The van der Waals surface area contributed by atoms with E-state index >= 15 is 0 Å². The third-order valence-electron chi connectivity index (χ3n) is 6.09. The largest absolute Gasteiger partial charge is 0.370 e. The number of fused-ring (bicyclic) bond motifs is 1. The topological polar surface area (TPSA) is 52.0 Å². The number of hydrogen-bond donors (Lipinski definition) is 0. The Bertz CT molecular complexity index is 867. The van der Waals surface area contributed by atoms with E-state index in [1.54, 1.807) is 7.05 Å². The number of benzene rings is 1. The molecule has 1 unspecified atom stereocenters. The molecule has 6 heteroatoms. The summed E-state index contributed by atoms with van der Waals surface area (Å²) in [6.45, 7) is 3.25. The molecule has 28 heavy (non-hydrogen) atoms. The number of amides is 1. The molecule has 4 rings (SSSR count). The maximum absolute atomic E-state index is 12.8. The van der Waals surface area contributed by atoms with Crippen LogP contribution in [0, 0.1) is 0 Å². The Morgan fingerprint density at radius 2 is 2.21 bits per heavy atom. The van der Waals surface area contributed by atoms with E-state index < -0.39 is 0 Å². The quantitative estimate of drug-likeness (QED) is 0.749. The van der Waals surface area contributed by atoms with Gasteiger partial charge < -0.3 is 9.80 Å². The molecule has 2 fully saturated rings. The second-order valence-electron chi connectivity index (χ2n) is 7.87. The minimum Gasteiger partial charge on any atom is -0.370 e. The predicted octanol–water partition coefficient (Wildman–Crippen LogP) is 2.44. The number of aliphatic imine (C=N–C) groups is 1. The van der Waals surface area contributed by atoms with Crippen molar-refractivity contribution in [2.24, 2.45) is 4.99 Å². The van der Waals surface area contributed by atoms with Crippen LogP contribution in [0.5, 0.6) is 0 Å². The van der Waals surface area contributed by atoms with Gasteiger partial charge in [-0.15, -0.1) is 0 Å². The van der Waals surface area contributed by atoms with Crippen LogP contribution in [0.15, 0.2) is 41.5 Å². The maximum Gasteiger partial charge on any atom is 0.237 e. The van der Waals surface area contributed by atoms with Gasteiger partial charge in [-0.25, -0.2) is 0 Å². The monoisotopic (exact) mass is 379 g/mol. The third-order valence-corrected chi connectivity index (χ3v) is 6.09. The van der Waals surface area contributed by atoms with E-state index in [1.807, 2.05) is 23.4 Å². The number of rotatable bonds is 5. The van der Waals surface area contributed by atoms with Gasteiger partial charge in [-0.1, -0.05) is 12.1 Å². The van der Waals surface area contributed by atoms with Crippen molar-refractivity contribution >= 4 is 28.7 Å². The van der Waals surface area contributed by atoms with Crippen LogP contribution < -0.4 is 4.90 Å². The number of carbonyl (C=O) groups excluding carboxylic acids is 1. The van der Waals surface area contributed by atoms with Crippen LogP contribution >= 0.6 is 0 Å². The molecular weight excluding hydrogens is 350 g/mol. The Morgan fingerprint density at radius 1 is 1.32 bits per heavy atom. The molecule has 1 aromatic carbocycles. The summed E-state index contributed by atoms with van der Waals surface area (Å²) in [6, 6.07) is 11.1. The predicted molar refractivity (Wildman–Crippen MR) is 114 cm³/mol. The van der Waals surface area contributed by atoms with Gasteiger partial charge in [-0.05, 0) is 37.5 Å². The highest BCUT2D eigenvalue weighted by atomic mass is 16.2. The van der Waals surface area contributed by atoms with Gasteiger partial charge in [0.25, 0.3) is 0 Å². The van der Waals surface area contributed by atoms with Gasteiger partial charge in [-0.2, -0.15) is 0 Å². The highest BCUT2D eigenvalue weighted by Crippen LogP contribution is 2.25. The Hall–Kier alpha value is -2.47. The first kappa shape index (κ1) is 18.9. The molecule has 0 bridgehead atoms. The van der Waals surface area contributed by atoms with E-state index in [2.05, 4.69) is 51.1 Å². The van der Waals surface area contributed by atoms with Crippen LogP contribution in [0.25, 0.3) is 10.9 Å². The smallest absolute Gasteiger partial charge is 0.237 e. The van der Waals surface area contributed by atoms with E-state index in [1.165, 1.54) is 5.69 Å². The molecule has 0 N–H and O–H groups in total. The number of hydrogen-bond acceptors (Lipinski definition) is 5. The summed E-state index contributed by atoms with van der Waals surface area (Å²) in [5.74, 6) is 0.237. The fourth-order valence-electron chi connectivity index (χ4n) is 4.47. The van der Waals surface area contributed by atoms with Crippen LogP contribution in [-0.2, 0) is 4.79 Å². The molecule has 3 heterocycles. The summed E-state index contributed by atoms with van der Waals surface area (Å²) >= 11 is 0. The summed E-state index contributed by atoms with van der Waals surface area (Å²) in [7, 11) is 3.93. The second-order valence-corrected chi connectivity index (χ2v) is 7.87. The fourth-order valence-corrected chi connectivity index (χ4v) is 4.47. The minimum absolute atomic E-state index is 0.184. The highest BCUT2D eigenvalue weighted by Gasteiger charge is 2.32. The van der Waals surface area contributed by atoms with Gasteiger partial charge in [0.2, 0.25) is 5.91 Å². The Morgan fingerprint density at radius 3 is 3.07 bits per heavy atom. The standard InChI is InChI=1S/C22H29N5O/c1-23-14-19-6-4-11-27(19)22(28)16-26-12-9-20(15-26)25(2)18-8-7-17-5-3-10-24-21(17)13-18/h3,5,7-8,10,13-14,19-20H,4,6,9,11-12,15-16H2,1-2H3/b23-14-/t19?,20-/m1/s1. The van der Waals surface area contributed by atoms with E-state index in [-0.39, 0.29) is 11.9 Å². The summed E-state index contributed by atoms with van der Waals surface area (Å²) in [5, 5.41) is 1.16. The molecule has 6 nitrogen and oxygen atoms in total. The first-order valence-corrected chi connectivity index (χ1v) is 10.2. The molecule has 1 aromatic heterocycles. The Kier molecular flexibility index (Phi) is 5.57. The number of anilines is 1. The first-order chi connectivity index (χ1) is 13.7. The van der Waals surface area contributed by atoms with Gasteiger partial charge in [0.1, 0.15) is 0 Å². The van der Waals surface area contributed by atoms with Crippen LogP contribution in [-0.4, -0.2) is 79.3 Å². The maximum atomic E-state index is 12.8. The minimum atomic E-state index is 0.184. The van der Waals surface area contributed by atoms with Crippen molar-refractivity contribution in [3.8, 4) is 0 Å². The van der Waals surface area contributed by atoms with Crippen LogP contribution in [0.2, 0.25) is 0 Å². The Labute approximate surface area is 166 Å². The van der Waals surface area contributed by atoms with Crippen LogP contribution in [0.4, 0.5) is 5.69 Å². The van der Waals surface area contributed by atoms with Gasteiger partial charge in [0, 0.05) is 63.3 Å². The number of aromatic nitrogens is 1. The van der Waals surface area contributed by atoms with E-state index in [0.717, 1.165) is 49.8 Å². The van der Waals surface area contributed by atoms with Gasteiger partial charge >= 0.3 is 0 Å². The van der Waals surface area contributed by atoms with Crippen LogP contribution in [0.1, 0.15) is 19.3 Å². The van der Waals surface area contributed by atoms with Crippen molar-refractivity contribution in [3.05, 3.63) is 36.5 Å². The zero-order chi connectivity index (χ0) is 19.5. The lowest BCUT2D eigenvalue weighted by atomic mass is 10.1. The molecule has 2 aliphatic rings. The molecule has 2 aromatic rings. The van der Waals surface area contributed by atoms with Gasteiger partial charge in [0.15, 0.2) is 0 Å². The molecule has 0 saturated carbocycles. The summed E-state index contributed by atoms with van der Waals surface area (Å²) in [6.07, 6.45) is 6.93. The highest BCUT2D eigenvalue weighted by molar-refractivity contribution is 5.83. The van der Waals surface area contributed by atoms with Crippen molar-refractivity contribution in [3.63, 3.8) is 0 Å². The van der Waals surface area contributed by atoms with Gasteiger partial charge in [-0.3, -0.25) is 19.7 Å². The zero-order valence-electron chi connectivity index (χ0n) is 16.8. The number of likely N-dealkylation sites (N-methyl/N-ethyl adjacent to an activating group) is 1. The average Bonchev–Trinajstić information content (AvgIpc) is 3.37. The summed E-state index contributed by atoms with van der Waals surface area (Å²) in [4.78, 5) is 28.0. The molecular formula is C22H29N5O. The van der Waals surface area contributed by atoms with Crippen LogP contribution in [0.3, 0.4) is 0 Å². The van der Waals surface area contributed by atoms with E-state index in [4.69, 9.17) is 0 Å². The number of carbonyl (C=O) groups is 1. The molecule has 148 valence electrons. The van der Waals surface area contributed by atoms with E-state index in [0.29, 0.717) is 12.6 Å². The molecule has 0 radical (unpaired) electrons. The number of pyridine rings is 1. The first-order valence-electron chi connectivity index (χ1n) is 10.2. The summed E-state index contributed by atoms with van der Waals surface area (Å²) < 4.78 is 0. The normalized spacial score (nSPS) is 23.1. The third kappa shape index (κ3) is 3.87. The zero-order valence-corrected chi connectivity index (χ0v) is 16.8. The lowest BCUT2D eigenvalue weighted by Crippen LogP contribution is -2.43. The number of likely N-dealkylation sites (tertiary alicyclic amines) is 2. The SMILES string of the molecule is C/N=C\C1CCCN1C(=O)CN1CC[C@@H](N(C)c2ccc3cccnc3c2)C1. The van der Waals surface area contributed by atoms with Crippen molar-refractivity contribution in [1.82, 2.24) is 14.8 Å². The van der Waals surface area contributed by atoms with Gasteiger partial charge in [0.05, 0.1) is 18.1 Å². The summed E-state index contributed by atoms with van der Waals surface area (Å²) in [5.41, 5.74) is 2.21.